The van der Waals surface area contributed by atoms with Crippen molar-refractivity contribution in [3.63, 3.8) is 0 Å². The number of aromatic nitrogens is 4. The molecule has 0 saturated carbocycles. The summed E-state index contributed by atoms with van der Waals surface area (Å²) in [7, 11) is 0. The SMILES string of the molecule is Cc1ccc(C(=O)N[C@H]2CCc3nnc(C(C)C)n3C2)nc1. The predicted octanol–water partition coefficient (Wildman–Crippen LogP) is 1.85. The van der Waals surface area contributed by atoms with E-state index in [0.717, 1.165) is 36.6 Å². The summed E-state index contributed by atoms with van der Waals surface area (Å²) in [6.45, 7) is 6.90. The molecule has 1 amide bonds. The largest absolute Gasteiger partial charge is 0.346 e. The van der Waals surface area contributed by atoms with Gasteiger partial charge in [0, 0.05) is 31.1 Å². The van der Waals surface area contributed by atoms with Crippen LogP contribution < -0.4 is 5.32 Å². The third-order valence-corrected chi connectivity index (χ3v) is 3.97. The first-order valence-corrected chi connectivity index (χ1v) is 7.70. The Morgan fingerprint density at radius 2 is 2.18 bits per heavy atom. The highest BCUT2D eigenvalue weighted by Crippen LogP contribution is 2.20. The molecule has 1 N–H and O–H groups in total. The monoisotopic (exact) mass is 299 g/mol. The molecule has 0 fully saturated rings. The van der Waals surface area contributed by atoms with Crippen molar-refractivity contribution in [2.75, 3.05) is 0 Å². The maximum Gasteiger partial charge on any atom is 0.270 e. The van der Waals surface area contributed by atoms with Gasteiger partial charge in [-0.05, 0) is 25.0 Å². The molecule has 6 nitrogen and oxygen atoms in total. The molecule has 2 aromatic heterocycles. The van der Waals surface area contributed by atoms with Crippen molar-refractivity contribution in [1.82, 2.24) is 25.1 Å². The summed E-state index contributed by atoms with van der Waals surface area (Å²) in [4.78, 5) is 16.5. The van der Waals surface area contributed by atoms with Gasteiger partial charge in [-0.2, -0.15) is 0 Å². The normalized spacial score (nSPS) is 17.4. The van der Waals surface area contributed by atoms with Crippen LogP contribution in [-0.4, -0.2) is 31.7 Å². The molecule has 1 atom stereocenters. The maximum atomic E-state index is 12.3. The Morgan fingerprint density at radius 1 is 1.36 bits per heavy atom. The molecular weight excluding hydrogens is 278 g/mol. The summed E-state index contributed by atoms with van der Waals surface area (Å²) < 4.78 is 2.14. The van der Waals surface area contributed by atoms with E-state index in [9.17, 15) is 4.79 Å². The van der Waals surface area contributed by atoms with E-state index < -0.39 is 0 Å². The fraction of sp³-hybridized carbons (Fsp3) is 0.500. The molecule has 0 saturated heterocycles. The fourth-order valence-electron chi connectivity index (χ4n) is 2.75. The standard InChI is InChI=1S/C16H21N5O/c1-10(2)15-20-19-14-7-5-12(9-21(14)15)18-16(22)13-6-4-11(3)8-17-13/h4,6,8,10,12H,5,7,9H2,1-3H3,(H,18,22)/t12-/m0/s1. The van der Waals surface area contributed by atoms with Gasteiger partial charge < -0.3 is 9.88 Å². The van der Waals surface area contributed by atoms with Crippen LogP contribution in [0.25, 0.3) is 0 Å². The lowest BCUT2D eigenvalue weighted by molar-refractivity contribution is 0.0922. The van der Waals surface area contributed by atoms with Crippen LogP contribution in [0.1, 0.15) is 53.9 Å². The van der Waals surface area contributed by atoms with Gasteiger partial charge in [-0.3, -0.25) is 9.78 Å². The molecule has 0 radical (unpaired) electrons. The van der Waals surface area contributed by atoms with Crippen LogP contribution in [-0.2, 0) is 13.0 Å². The van der Waals surface area contributed by atoms with Gasteiger partial charge in [-0.25, -0.2) is 0 Å². The average Bonchev–Trinajstić information content (AvgIpc) is 2.91. The van der Waals surface area contributed by atoms with E-state index in [1.165, 1.54) is 0 Å². The Balaban J connectivity index is 1.71. The molecule has 0 aliphatic carbocycles. The van der Waals surface area contributed by atoms with Crippen LogP contribution in [0.15, 0.2) is 18.3 Å². The third kappa shape index (κ3) is 2.86. The topological polar surface area (TPSA) is 72.7 Å². The molecule has 0 spiro atoms. The number of pyridine rings is 1. The molecule has 116 valence electrons. The van der Waals surface area contributed by atoms with Crippen LogP contribution in [0.2, 0.25) is 0 Å². The van der Waals surface area contributed by atoms with Crippen LogP contribution in [0, 0.1) is 6.92 Å². The number of carbonyl (C=O) groups excluding carboxylic acids is 1. The van der Waals surface area contributed by atoms with Crippen LogP contribution in [0.3, 0.4) is 0 Å². The van der Waals surface area contributed by atoms with E-state index in [1.807, 2.05) is 13.0 Å². The smallest absolute Gasteiger partial charge is 0.270 e. The van der Waals surface area contributed by atoms with E-state index in [1.54, 1.807) is 12.3 Å². The van der Waals surface area contributed by atoms with Gasteiger partial charge >= 0.3 is 0 Å². The second-order valence-corrected chi connectivity index (χ2v) is 6.17. The van der Waals surface area contributed by atoms with E-state index in [-0.39, 0.29) is 11.9 Å². The Morgan fingerprint density at radius 3 is 2.86 bits per heavy atom. The summed E-state index contributed by atoms with van der Waals surface area (Å²) in [5, 5.41) is 11.6. The van der Waals surface area contributed by atoms with Crippen molar-refractivity contribution in [3.05, 3.63) is 41.2 Å². The quantitative estimate of drug-likeness (QED) is 0.938. The second-order valence-electron chi connectivity index (χ2n) is 6.17. The van der Waals surface area contributed by atoms with Crippen molar-refractivity contribution in [3.8, 4) is 0 Å². The van der Waals surface area contributed by atoms with E-state index >= 15 is 0 Å². The molecule has 22 heavy (non-hydrogen) atoms. The third-order valence-electron chi connectivity index (χ3n) is 3.97. The van der Waals surface area contributed by atoms with Gasteiger partial charge in [0.25, 0.3) is 5.91 Å². The van der Waals surface area contributed by atoms with Crippen molar-refractivity contribution >= 4 is 5.91 Å². The highest BCUT2D eigenvalue weighted by atomic mass is 16.1. The molecule has 6 heteroatoms. The zero-order valence-corrected chi connectivity index (χ0v) is 13.2. The van der Waals surface area contributed by atoms with E-state index in [0.29, 0.717) is 11.6 Å². The minimum Gasteiger partial charge on any atom is -0.346 e. The molecular formula is C16H21N5O. The number of fused-ring (bicyclic) bond motifs is 1. The first-order valence-electron chi connectivity index (χ1n) is 7.70. The maximum absolute atomic E-state index is 12.3. The summed E-state index contributed by atoms with van der Waals surface area (Å²) in [6, 6.07) is 3.76. The van der Waals surface area contributed by atoms with Crippen molar-refractivity contribution in [1.29, 1.82) is 0 Å². The number of aryl methyl sites for hydroxylation is 2. The van der Waals surface area contributed by atoms with Gasteiger partial charge in [0.15, 0.2) is 0 Å². The van der Waals surface area contributed by atoms with Crippen LogP contribution >= 0.6 is 0 Å². The predicted molar refractivity (Wildman–Crippen MR) is 82.7 cm³/mol. The Bertz CT molecular complexity index is 674. The lowest BCUT2D eigenvalue weighted by Gasteiger charge is -2.25. The molecule has 0 bridgehead atoms. The number of hydrogen-bond acceptors (Lipinski definition) is 4. The average molecular weight is 299 g/mol. The fourth-order valence-corrected chi connectivity index (χ4v) is 2.75. The summed E-state index contributed by atoms with van der Waals surface area (Å²) in [5.74, 6) is 2.21. The van der Waals surface area contributed by atoms with Gasteiger partial charge in [0.1, 0.15) is 17.3 Å². The van der Waals surface area contributed by atoms with Gasteiger partial charge in [0.2, 0.25) is 0 Å². The highest BCUT2D eigenvalue weighted by molar-refractivity contribution is 5.92. The Hall–Kier alpha value is -2.24. The highest BCUT2D eigenvalue weighted by Gasteiger charge is 2.25. The second kappa shape index (κ2) is 5.87. The molecule has 1 aliphatic heterocycles. The number of rotatable bonds is 3. The molecule has 2 aromatic rings. The number of amides is 1. The number of carbonyl (C=O) groups is 1. The Labute approximate surface area is 130 Å². The summed E-state index contributed by atoms with van der Waals surface area (Å²) >= 11 is 0. The zero-order valence-electron chi connectivity index (χ0n) is 13.2. The molecule has 0 unspecified atom stereocenters. The first kappa shape index (κ1) is 14.7. The van der Waals surface area contributed by atoms with Crippen molar-refractivity contribution in [2.45, 2.75) is 52.1 Å². The summed E-state index contributed by atoms with van der Waals surface area (Å²) in [6.07, 6.45) is 3.43. The first-order chi connectivity index (χ1) is 10.5. The van der Waals surface area contributed by atoms with E-state index in [2.05, 4.69) is 38.9 Å². The van der Waals surface area contributed by atoms with Crippen molar-refractivity contribution < 1.29 is 4.79 Å². The molecule has 1 aliphatic rings. The lowest BCUT2D eigenvalue weighted by atomic mass is 10.1. The number of nitrogens with zero attached hydrogens (tertiary/aromatic N) is 4. The molecule has 0 aromatic carbocycles. The van der Waals surface area contributed by atoms with Crippen LogP contribution in [0.5, 0.6) is 0 Å². The van der Waals surface area contributed by atoms with Gasteiger partial charge in [-0.1, -0.05) is 19.9 Å². The minimum atomic E-state index is -0.118. The van der Waals surface area contributed by atoms with Gasteiger partial charge in [0.05, 0.1) is 0 Å². The van der Waals surface area contributed by atoms with Crippen LogP contribution in [0.4, 0.5) is 0 Å². The minimum absolute atomic E-state index is 0.0941. The number of hydrogen-bond donors (Lipinski definition) is 1. The Kier molecular flexibility index (Phi) is 3.92. The van der Waals surface area contributed by atoms with E-state index in [4.69, 9.17) is 0 Å². The van der Waals surface area contributed by atoms with Gasteiger partial charge in [-0.15, -0.1) is 10.2 Å². The molecule has 3 rings (SSSR count). The lowest BCUT2D eigenvalue weighted by Crippen LogP contribution is -2.41. The van der Waals surface area contributed by atoms with Crippen molar-refractivity contribution in [2.24, 2.45) is 0 Å². The zero-order chi connectivity index (χ0) is 15.7. The number of nitrogens with one attached hydrogen (secondary N) is 1. The molecule has 3 heterocycles. The summed E-state index contributed by atoms with van der Waals surface area (Å²) in [5.41, 5.74) is 1.51.